The van der Waals surface area contributed by atoms with Gasteiger partial charge >= 0.3 is 0 Å². The maximum Gasteiger partial charge on any atom is 0.0767 e. The summed E-state index contributed by atoms with van der Waals surface area (Å²) >= 11 is 5.97. The third kappa shape index (κ3) is 3.82. The lowest BCUT2D eigenvalue weighted by Crippen LogP contribution is -2.35. The van der Waals surface area contributed by atoms with Gasteiger partial charge in [0.05, 0.1) is 11.4 Å². The van der Waals surface area contributed by atoms with Crippen LogP contribution < -0.4 is 5.32 Å². The van der Waals surface area contributed by atoms with Crippen LogP contribution in [0.3, 0.4) is 0 Å². The molecule has 2 aromatic rings. The molecule has 0 aliphatic heterocycles. The van der Waals surface area contributed by atoms with Crippen LogP contribution in [0.5, 0.6) is 0 Å². The zero-order valence-electron chi connectivity index (χ0n) is 11.9. The van der Waals surface area contributed by atoms with Gasteiger partial charge in [0.2, 0.25) is 0 Å². The van der Waals surface area contributed by atoms with Gasteiger partial charge in [-0.2, -0.15) is 5.10 Å². The lowest BCUT2D eigenvalue weighted by atomic mass is 10.1. The first-order valence-electron chi connectivity index (χ1n) is 6.41. The summed E-state index contributed by atoms with van der Waals surface area (Å²) in [7, 11) is 0. The SMILES string of the molecule is Cc1cc(Cl)ccc1-n1ccc(CNC(C)(C)C)n1. The smallest absolute Gasteiger partial charge is 0.0767 e. The van der Waals surface area contributed by atoms with E-state index in [1.165, 1.54) is 0 Å². The van der Waals surface area contributed by atoms with Crippen LogP contribution in [0.1, 0.15) is 32.0 Å². The summed E-state index contributed by atoms with van der Waals surface area (Å²) in [6.45, 7) is 9.24. The molecule has 0 saturated heterocycles. The van der Waals surface area contributed by atoms with Gasteiger partial charge in [0.25, 0.3) is 0 Å². The van der Waals surface area contributed by atoms with Gasteiger partial charge in [-0.15, -0.1) is 0 Å². The number of hydrogen-bond acceptors (Lipinski definition) is 2. The molecule has 102 valence electrons. The molecule has 3 nitrogen and oxygen atoms in total. The first kappa shape index (κ1) is 14.1. The summed E-state index contributed by atoms with van der Waals surface area (Å²) < 4.78 is 1.89. The van der Waals surface area contributed by atoms with Crippen molar-refractivity contribution in [3.63, 3.8) is 0 Å². The molecule has 0 amide bonds. The Morgan fingerprint density at radius 3 is 2.63 bits per heavy atom. The zero-order chi connectivity index (χ0) is 14.0. The molecule has 0 unspecified atom stereocenters. The molecule has 0 radical (unpaired) electrons. The summed E-state index contributed by atoms with van der Waals surface area (Å²) in [5.41, 5.74) is 3.31. The molecule has 1 aromatic carbocycles. The number of hydrogen-bond donors (Lipinski definition) is 1. The van der Waals surface area contributed by atoms with Gasteiger partial charge in [0.15, 0.2) is 0 Å². The average Bonchev–Trinajstić information content (AvgIpc) is 2.74. The number of aryl methyl sites for hydroxylation is 1. The van der Waals surface area contributed by atoms with E-state index in [1.54, 1.807) is 0 Å². The summed E-state index contributed by atoms with van der Waals surface area (Å²) in [5.74, 6) is 0. The monoisotopic (exact) mass is 277 g/mol. The molecule has 4 heteroatoms. The number of nitrogens with zero attached hydrogens (tertiary/aromatic N) is 2. The normalized spacial score (nSPS) is 11.8. The van der Waals surface area contributed by atoms with Gasteiger partial charge in [0.1, 0.15) is 0 Å². The van der Waals surface area contributed by atoms with Crippen LogP contribution in [-0.4, -0.2) is 15.3 Å². The summed E-state index contributed by atoms with van der Waals surface area (Å²) in [4.78, 5) is 0. The van der Waals surface area contributed by atoms with Gasteiger partial charge in [-0.1, -0.05) is 11.6 Å². The molecule has 2 rings (SSSR count). The Morgan fingerprint density at radius 1 is 1.26 bits per heavy atom. The third-order valence-electron chi connectivity index (χ3n) is 2.85. The molecule has 0 spiro atoms. The molecule has 19 heavy (non-hydrogen) atoms. The van der Waals surface area contributed by atoms with Gasteiger partial charge in [-0.25, -0.2) is 4.68 Å². The Labute approximate surface area is 119 Å². The molecule has 0 atom stereocenters. The van der Waals surface area contributed by atoms with Crippen LogP contribution in [-0.2, 0) is 6.54 Å². The lowest BCUT2D eigenvalue weighted by molar-refractivity contribution is 0.420. The average molecular weight is 278 g/mol. The van der Waals surface area contributed by atoms with E-state index in [1.807, 2.05) is 42.1 Å². The highest BCUT2D eigenvalue weighted by Gasteiger charge is 2.10. The van der Waals surface area contributed by atoms with Crippen molar-refractivity contribution in [3.05, 3.63) is 46.7 Å². The number of rotatable bonds is 3. The van der Waals surface area contributed by atoms with Crippen molar-refractivity contribution >= 4 is 11.6 Å². The fourth-order valence-electron chi connectivity index (χ4n) is 1.82. The van der Waals surface area contributed by atoms with Crippen molar-refractivity contribution in [1.82, 2.24) is 15.1 Å². The van der Waals surface area contributed by atoms with E-state index >= 15 is 0 Å². The van der Waals surface area contributed by atoms with E-state index in [2.05, 4.69) is 31.2 Å². The highest BCUT2D eigenvalue weighted by molar-refractivity contribution is 6.30. The van der Waals surface area contributed by atoms with E-state index < -0.39 is 0 Å². The van der Waals surface area contributed by atoms with Gasteiger partial charge in [-0.05, 0) is 57.5 Å². The standard InChI is InChI=1S/C15H20ClN3/c1-11-9-12(16)5-6-14(11)19-8-7-13(18-19)10-17-15(2,3)4/h5-9,17H,10H2,1-4H3. The molecule has 0 saturated carbocycles. The van der Waals surface area contributed by atoms with Crippen LogP contribution in [0.25, 0.3) is 5.69 Å². The summed E-state index contributed by atoms with van der Waals surface area (Å²) in [5, 5.41) is 8.77. The topological polar surface area (TPSA) is 29.9 Å². The van der Waals surface area contributed by atoms with E-state index in [0.717, 1.165) is 28.5 Å². The molecule has 1 aromatic heterocycles. The molecular weight excluding hydrogens is 258 g/mol. The second-order valence-corrected chi connectivity index (χ2v) is 6.22. The number of nitrogens with one attached hydrogen (secondary N) is 1. The van der Waals surface area contributed by atoms with E-state index in [9.17, 15) is 0 Å². The van der Waals surface area contributed by atoms with Crippen molar-refractivity contribution in [2.45, 2.75) is 39.8 Å². The Bertz CT molecular complexity index is 567. The van der Waals surface area contributed by atoms with E-state index in [0.29, 0.717) is 0 Å². The van der Waals surface area contributed by atoms with E-state index in [4.69, 9.17) is 11.6 Å². The quantitative estimate of drug-likeness (QED) is 0.927. The highest BCUT2D eigenvalue weighted by atomic mass is 35.5. The molecular formula is C15H20ClN3. The van der Waals surface area contributed by atoms with Crippen LogP contribution in [0.15, 0.2) is 30.5 Å². The van der Waals surface area contributed by atoms with Gasteiger partial charge in [-0.3, -0.25) is 0 Å². The minimum absolute atomic E-state index is 0.0972. The zero-order valence-corrected chi connectivity index (χ0v) is 12.6. The molecule has 0 bridgehead atoms. The first-order valence-corrected chi connectivity index (χ1v) is 6.79. The molecule has 0 fully saturated rings. The van der Waals surface area contributed by atoms with Crippen LogP contribution in [0.2, 0.25) is 5.02 Å². The van der Waals surface area contributed by atoms with Crippen molar-refractivity contribution in [1.29, 1.82) is 0 Å². The highest BCUT2D eigenvalue weighted by Crippen LogP contribution is 2.18. The lowest BCUT2D eigenvalue weighted by Gasteiger charge is -2.19. The van der Waals surface area contributed by atoms with Crippen molar-refractivity contribution in [3.8, 4) is 5.69 Å². The van der Waals surface area contributed by atoms with Crippen LogP contribution in [0.4, 0.5) is 0 Å². The first-order chi connectivity index (χ1) is 8.85. The third-order valence-corrected chi connectivity index (χ3v) is 3.08. The van der Waals surface area contributed by atoms with E-state index in [-0.39, 0.29) is 5.54 Å². The van der Waals surface area contributed by atoms with Crippen LogP contribution >= 0.6 is 11.6 Å². The Kier molecular flexibility index (Phi) is 3.97. The fraction of sp³-hybridized carbons (Fsp3) is 0.400. The summed E-state index contributed by atoms with van der Waals surface area (Å²) in [6, 6.07) is 7.86. The largest absolute Gasteiger partial charge is 0.306 e. The van der Waals surface area contributed by atoms with Gasteiger partial charge < -0.3 is 5.32 Å². The molecule has 1 heterocycles. The van der Waals surface area contributed by atoms with Crippen molar-refractivity contribution in [2.24, 2.45) is 0 Å². The summed E-state index contributed by atoms with van der Waals surface area (Å²) in [6.07, 6.45) is 1.98. The maximum atomic E-state index is 5.97. The Morgan fingerprint density at radius 2 is 2.00 bits per heavy atom. The minimum Gasteiger partial charge on any atom is -0.306 e. The number of aromatic nitrogens is 2. The molecule has 0 aliphatic rings. The Hall–Kier alpha value is -1.32. The van der Waals surface area contributed by atoms with Crippen molar-refractivity contribution in [2.75, 3.05) is 0 Å². The predicted molar refractivity (Wildman–Crippen MR) is 79.9 cm³/mol. The second-order valence-electron chi connectivity index (χ2n) is 5.79. The fourth-order valence-corrected chi connectivity index (χ4v) is 2.05. The van der Waals surface area contributed by atoms with Crippen LogP contribution in [0, 0.1) is 6.92 Å². The predicted octanol–water partition coefficient (Wildman–Crippen LogP) is 3.72. The van der Waals surface area contributed by atoms with Crippen molar-refractivity contribution < 1.29 is 0 Å². The number of halogens is 1. The molecule has 0 aliphatic carbocycles. The minimum atomic E-state index is 0.0972. The maximum absolute atomic E-state index is 5.97. The molecule has 1 N–H and O–H groups in total. The van der Waals surface area contributed by atoms with Gasteiger partial charge in [0, 0.05) is 23.3 Å². The number of benzene rings is 1. The Balaban J connectivity index is 2.16. The second kappa shape index (κ2) is 5.35.